The maximum atomic E-state index is 13.5. The normalized spacial score (nSPS) is 15.1. The second kappa shape index (κ2) is 7.30. The van der Waals surface area contributed by atoms with Crippen molar-refractivity contribution in [3.05, 3.63) is 71.7 Å². The van der Waals surface area contributed by atoms with Crippen LogP contribution in [0, 0.1) is 17.1 Å². The van der Waals surface area contributed by atoms with E-state index in [4.69, 9.17) is 10.2 Å². The average Bonchev–Trinajstić information content (AvgIpc) is 3.51. The minimum Gasteiger partial charge on any atom is -0.388 e. The molecule has 0 spiro atoms. The average molecular weight is 358 g/mol. The summed E-state index contributed by atoms with van der Waals surface area (Å²) in [5.41, 5.74) is 4.76. The molecule has 0 bridgehead atoms. The van der Waals surface area contributed by atoms with E-state index in [-0.39, 0.29) is 12.2 Å². The number of para-hydroxylation sites is 1. The van der Waals surface area contributed by atoms with Crippen molar-refractivity contribution in [3.8, 4) is 17.2 Å². The van der Waals surface area contributed by atoms with Crippen molar-refractivity contribution in [2.75, 3.05) is 0 Å². The molecule has 1 aliphatic carbocycles. The van der Waals surface area contributed by atoms with Crippen LogP contribution in [0.25, 0.3) is 28.1 Å². The van der Waals surface area contributed by atoms with Crippen LogP contribution >= 0.6 is 0 Å². The molecule has 0 amide bonds. The van der Waals surface area contributed by atoms with E-state index in [0.29, 0.717) is 5.92 Å². The van der Waals surface area contributed by atoms with Gasteiger partial charge in [0.05, 0.1) is 29.8 Å². The van der Waals surface area contributed by atoms with E-state index in [1.807, 2.05) is 36.4 Å². The lowest BCUT2D eigenvalue weighted by molar-refractivity contribution is 0.229. The third-order valence-electron chi connectivity index (χ3n) is 4.84. The predicted octanol–water partition coefficient (Wildman–Crippen LogP) is 5.21. The summed E-state index contributed by atoms with van der Waals surface area (Å²) in [7, 11) is 0. The van der Waals surface area contributed by atoms with Gasteiger partial charge in [0.1, 0.15) is 5.82 Å². The van der Waals surface area contributed by atoms with Gasteiger partial charge in [0, 0.05) is 22.4 Å². The molecule has 0 saturated heterocycles. The largest absolute Gasteiger partial charge is 0.388 e. The Morgan fingerprint density at radius 3 is 2.63 bits per heavy atom. The number of halogens is 1. The van der Waals surface area contributed by atoms with Gasteiger partial charge in [-0.1, -0.05) is 42.5 Å². The molecule has 4 heteroatoms. The number of fused-ring (bicyclic) bond motifs is 1. The van der Waals surface area contributed by atoms with Crippen LogP contribution in [-0.4, -0.2) is 16.2 Å². The zero-order valence-corrected chi connectivity index (χ0v) is 14.8. The topological polar surface area (TPSA) is 56.9 Å². The van der Waals surface area contributed by atoms with Crippen LogP contribution in [0.4, 0.5) is 4.39 Å². The molecule has 1 saturated carbocycles. The van der Waals surface area contributed by atoms with E-state index < -0.39 is 6.10 Å². The van der Waals surface area contributed by atoms with Crippen LogP contribution in [0.2, 0.25) is 0 Å². The van der Waals surface area contributed by atoms with Gasteiger partial charge in [-0.25, -0.2) is 4.39 Å². The quantitative estimate of drug-likeness (QED) is 0.681. The van der Waals surface area contributed by atoms with Crippen molar-refractivity contribution in [2.45, 2.75) is 31.3 Å². The molecular weight excluding hydrogens is 339 g/mol. The molecular formula is C23H19FN2O. The number of benzene rings is 2. The lowest BCUT2D eigenvalue weighted by Gasteiger charge is -2.16. The molecule has 3 nitrogen and oxygen atoms in total. The maximum absolute atomic E-state index is 13.5. The van der Waals surface area contributed by atoms with E-state index in [2.05, 4.69) is 0 Å². The van der Waals surface area contributed by atoms with Gasteiger partial charge in [0.15, 0.2) is 0 Å². The third kappa shape index (κ3) is 3.60. The molecule has 0 aliphatic heterocycles. The fourth-order valence-electron chi connectivity index (χ4n) is 3.38. The zero-order chi connectivity index (χ0) is 18.8. The van der Waals surface area contributed by atoms with Crippen molar-refractivity contribution in [1.29, 1.82) is 5.26 Å². The van der Waals surface area contributed by atoms with Crippen molar-refractivity contribution < 1.29 is 9.50 Å². The van der Waals surface area contributed by atoms with E-state index in [1.54, 1.807) is 18.2 Å². The molecule has 1 aromatic heterocycles. The highest BCUT2D eigenvalue weighted by molar-refractivity contribution is 5.99. The molecule has 0 unspecified atom stereocenters. The standard InChI is InChI=1S/C23H19FN2O/c24-17-9-7-15(8-10-17)22-19-3-1-2-4-21(19)26-23(16-5-6-16)20(22)12-11-18(27)13-14-25/h1-4,7-12,16,18,27H,5-6,13H2/b12-11+/t18-/m1/s1. The monoisotopic (exact) mass is 358 g/mol. The SMILES string of the molecule is N#CC[C@H](O)/C=C/c1c(C2CC2)nc2ccccc2c1-c1ccc(F)cc1. The van der Waals surface area contributed by atoms with E-state index in [1.165, 1.54) is 12.1 Å². The Bertz CT molecular complexity index is 1050. The maximum Gasteiger partial charge on any atom is 0.123 e. The number of aliphatic hydroxyl groups is 1. The second-order valence-corrected chi connectivity index (χ2v) is 6.87. The van der Waals surface area contributed by atoms with Crippen molar-refractivity contribution in [1.82, 2.24) is 4.98 Å². The van der Waals surface area contributed by atoms with Gasteiger partial charge in [0.25, 0.3) is 0 Å². The van der Waals surface area contributed by atoms with Crippen molar-refractivity contribution in [2.24, 2.45) is 0 Å². The smallest absolute Gasteiger partial charge is 0.123 e. The van der Waals surface area contributed by atoms with Crippen LogP contribution in [0.1, 0.15) is 36.4 Å². The summed E-state index contributed by atoms with van der Waals surface area (Å²) < 4.78 is 13.5. The number of rotatable bonds is 5. The number of nitrogens with zero attached hydrogens (tertiary/aromatic N) is 2. The minimum atomic E-state index is -0.824. The van der Waals surface area contributed by atoms with E-state index >= 15 is 0 Å². The Balaban J connectivity index is 1.97. The molecule has 4 rings (SSSR count). The molecule has 2 aromatic carbocycles. The van der Waals surface area contributed by atoms with Crippen LogP contribution in [0.5, 0.6) is 0 Å². The molecule has 3 aromatic rings. The third-order valence-corrected chi connectivity index (χ3v) is 4.84. The molecule has 27 heavy (non-hydrogen) atoms. The predicted molar refractivity (Wildman–Crippen MR) is 104 cm³/mol. The lowest BCUT2D eigenvalue weighted by Crippen LogP contribution is -2.02. The number of aliphatic hydroxyl groups excluding tert-OH is 1. The fourth-order valence-corrected chi connectivity index (χ4v) is 3.38. The van der Waals surface area contributed by atoms with Crippen molar-refractivity contribution in [3.63, 3.8) is 0 Å². The fraction of sp³-hybridized carbons (Fsp3) is 0.217. The Morgan fingerprint density at radius 2 is 1.93 bits per heavy atom. The first kappa shape index (κ1) is 17.4. The van der Waals surface area contributed by atoms with Gasteiger partial charge in [0.2, 0.25) is 0 Å². The summed E-state index contributed by atoms with van der Waals surface area (Å²) >= 11 is 0. The van der Waals surface area contributed by atoms with Crippen LogP contribution in [0.3, 0.4) is 0 Å². The Kier molecular flexibility index (Phi) is 4.70. The number of hydrogen-bond donors (Lipinski definition) is 1. The number of pyridine rings is 1. The first-order chi connectivity index (χ1) is 13.2. The van der Waals surface area contributed by atoms with Crippen LogP contribution in [-0.2, 0) is 0 Å². The number of hydrogen-bond acceptors (Lipinski definition) is 3. The van der Waals surface area contributed by atoms with Gasteiger partial charge in [-0.2, -0.15) is 5.26 Å². The van der Waals surface area contributed by atoms with Crippen molar-refractivity contribution >= 4 is 17.0 Å². The highest BCUT2D eigenvalue weighted by atomic mass is 19.1. The Morgan fingerprint density at radius 1 is 1.19 bits per heavy atom. The van der Waals surface area contributed by atoms with Gasteiger partial charge in [-0.05, 0) is 36.6 Å². The lowest BCUT2D eigenvalue weighted by atomic mass is 9.92. The molecule has 0 radical (unpaired) electrons. The highest BCUT2D eigenvalue weighted by Crippen LogP contribution is 2.45. The first-order valence-electron chi connectivity index (χ1n) is 9.09. The molecule has 1 fully saturated rings. The van der Waals surface area contributed by atoms with Gasteiger partial charge >= 0.3 is 0 Å². The number of nitriles is 1. The van der Waals surface area contributed by atoms with Gasteiger partial charge in [-0.3, -0.25) is 4.98 Å². The summed E-state index contributed by atoms with van der Waals surface area (Å²) in [5.74, 6) is 0.127. The molecule has 1 aliphatic rings. The van der Waals surface area contributed by atoms with E-state index in [9.17, 15) is 9.50 Å². The van der Waals surface area contributed by atoms with Gasteiger partial charge in [-0.15, -0.1) is 0 Å². The zero-order valence-electron chi connectivity index (χ0n) is 14.8. The van der Waals surface area contributed by atoms with E-state index in [0.717, 1.165) is 46.1 Å². The van der Waals surface area contributed by atoms with Gasteiger partial charge < -0.3 is 5.11 Å². The summed E-state index contributed by atoms with van der Waals surface area (Å²) in [6.45, 7) is 0. The highest BCUT2D eigenvalue weighted by Gasteiger charge is 2.29. The Hall–Kier alpha value is -3.03. The molecule has 1 atom stereocenters. The summed E-state index contributed by atoms with van der Waals surface area (Å²) in [4.78, 5) is 4.89. The Labute approximate surface area is 157 Å². The number of aromatic nitrogens is 1. The molecule has 134 valence electrons. The molecule has 1 N–H and O–H groups in total. The summed E-state index contributed by atoms with van der Waals surface area (Å²) in [5, 5.41) is 19.8. The van der Waals surface area contributed by atoms with Crippen LogP contribution < -0.4 is 0 Å². The van der Waals surface area contributed by atoms with Crippen LogP contribution in [0.15, 0.2) is 54.6 Å². The summed E-state index contributed by atoms with van der Waals surface area (Å²) in [6, 6.07) is 16.4. The summed E-state index contributed by atoms with van der Waals surface area (Å²) in [6.07, 6.45) is 4.92. The molecule has 1 heterocycles. The minimum absolute atomic E-state index is 0.0438. The second-order valence-electron chi connectivity index (χ2n) is 6.87. The first-order valence-corrected chi connectivity index (χ1v) is 9.09.